The van der Waals surface area contributed by atoms with Gasteiger partial charge in [-0.3, -0.25) is 9.59 Å². The van der Waals surface area contributed by atoms with Crippen molar-refractivity contribution in [3.63, 3.8) is 0 Å². The van der Waals surface area contributed by atoms with Crippen LogP contribution in [0.4, 0.5) is 4.39 Å². The number of rotatable bonds is 4. The molecule has 0 bridgehead atoms. The highest BCUT2D eigenvalue weighted by Crippen LogP contribution is 2.22. The van der Waals surface area contributed by atoms with Crippen LogP contribution in [0.2, 0.25) is 0 Å². The molecular formula is C21H23FN2O4S. The van der Waals surface area contributed by atoms with Crippen LogP contribution >= 0.6 is 0 Å². The normalized spacial score (nSPS) is 15.2. The minimum atomic E-state index is -3.95. The number of amides is 2. The maximum atomic E-state index is 13.0. The maximum absolute atomic E-state index is 13.0. The summed E-state index contributed by atoms with van der Waals surface area (Å²) < 4.78 is 40.4. The van der Waals surface area contributed by atoms with Crippen molar-refractivity contribution in [3.05, 3.63) is 65.0 Å². The second-order valence-corrected chi connectivity index (χ2v) is 8.96. The summed E-state index contributed by atoms with van der Waals surface area (Å²) >= 11 is 0. The minimum absolute atomic E-state index is 0.0924. The van der Waals surface area contributed by atoms with Gasteiger partial charge in [-0.1, -0.05) is 12.1 Å². The van der Waals surface area contributed by atoms with Crippen LogP contribution in [-0.2, 0) is 14.8 Å². The van der Waals surface area contributed by atoms with E-state index >= 15 is 0 Å². The third kappa shape index (κ3) is 4.82. The molecule has 0 unspecified atom stereocenters. The molecule has 0 saturated carbocycles. The molecule has 3 rings (SSSR count). The van der Waals surface area contributed by atoms with E-state index in [-0.39, 0.29) is 10.8 Å². The molecule has 1 aliphatic rings. The Morgan fingerprint density at radius 1 is 1.03 bits per heavy atom. The lowest BCUT2D eigenvalue weighted by Gasteiger charge is -2.31. The Bertz CT molecular complexity index is 1030. The van der Waals surface area contributed by atoms with Gasteiger partial charge in [0.1, 0.15) is 5.82 Å². The number of nitrogens with one attached hydrogen (secondary N) is 1. The molecule has 6 nitrogen and oxygen atoms in total. The van der Waals surface area contributed by atoms with Gasteiger partial charge in [-0.2, -0.15) is 0 Å². The number of benzene rings is 2. The summed E-state index contributed by atoms with van der Waals surface area (Å²) in [7, 11) is -3.95. The lowest BCUT2D eigenvalue weighted by atomic mass is 9.96. The Balaban J connectivity index is 1.62. The first kappa shape index (κ1) is 21.0. The van der Waals surface area contributed by atoms with Crippen LogP contribution in [0.25, 0.3) is 0 Å². The Labute approximate surface area is 169 Å². The zero-order chi connectivity index (χ0) is 21.2. The van der Waals surface area contributed by atoms with Gasteiger partial charge in [0.25, 0.3) is 15.9 Å². The number of nitrogens with zero attached hydrogens (tertiary/aromatic N) is 1. The zero-order valence-electron chi connectivity index (χ0n) is 16.3. The lowest BCUT2D eigenvalue weighted by molar-refractivity contribution is -0.124. The van der Waals surface area contributed by atoms with E-state index in [1.807, 2.05) is 6.07 Å². The average Bonchev–Trinajstić information content (AvgIpc) is 2.69. The molecule has 0 aliphatic carbocycles. The quantitative estimate of drug-likeness (QED) is 0.828. The smallest absolute Gasteiger partial charge is 0.264 e. The van der Waals surface area contributed by atoms with Crippen molar-refractivity contribution >= 4 is 21.8 Å². The molecule has 154 valence electrons. The van der Waals surface area contributed by atoms with Crippen molar-refractivity contribution in [2.75, 3.05) is 13.1 Å². The van der Waals surface area contributed by atoms with Gasteiger partial charge in [0, 0.05) is 24.6 Å². The number of sulfonamides is 1. The standard InChI is InChI=1S/C21H23FN2O4S/c1-14-3-4-15(2)19(13-14)29(27,28)23-20(25)16-9-11-24(12-10-16)21(26)17-5-7-18(22)8-6-17/h3-8,13,16H,9-12H2,1-2H3,(H,23,25). The molecule has 29 heavy (non-hydrogen) atoms. The monoisotopic (exact) mass is 418 g/mol. The third-order valence-corrected chi connectivity index (χ3v) is 6.60. The van der Waals surface area contributed by atoms with E-state index in [4.69, 9.17) is 0 Å². The number of aryl methyl sites for hydroxylation is 2. The first-order valence-electron chi connectivity index (χ1n) is 9.36. The fraction of sp³-hybridized carbons (Fsp3) is 0.333. The van der Waals surface area contributed by atoms with Gasteiger partial charge in [0.05, 0.1) is 4.90 Å². The molecule has 0 aromatic heterocycles. The molecule has 1 fully saturated rings. The highest BCUT2D eigenvalue weighted by molar-refractivity contribution is 7.90. The van der Waals surface area contributed by atoms with E-state index in [9.17, 15) is 22.4 Å². The van der Waals surface area contributed by atoms with Crippen LogP contribution in [0.1, 0.15) is 34.3 Å². The number of halogens is 1. The van der Waals surface area contributed by atoms with E-state index in [0.717, 1.165) is 5.56 Å². The van der Waals surface area contributed by atoms with Crippen molar-refractivity contribution in [1.82, 2.24) is 9.62 Å². The number of hydrogen-bond acceptors (Lipinski definition) is 4. The van der Waals surface area contributed by atoms with Crippen molar-refractivity contribution in [2.24, 2.45) is 5.92 Å². The summed E-state index contributed by atoms with van der Waals surface area (Å²) in [6, 6.07) is 10.4. The lowest BCUT2D eigenvalue weighted by Crippen LogP contribution is -2.44. The van der Waals surface area contributed by atoms with Gasteiger partial charge in [0.15, 0.2) is 0 Å². The predicted molar refractivity (Wildman–Crippen MR) is 106 cm³/mol. The van der Waals surface area contributed by atoms with Gasteiger partial charge < -0.3 is 4.90 Å². The van der Waals surface area contributed by atoms with E-state index in [0.29, 0.717) is 37.1 Å². The van der Waals surface area contributed by atoms with Crippen molar-refractivity contribution < 1.29 is 22.4 Å². The van der Waals surface area contributed by atoms with Gasteiger partial charge in [-0.15, -0.1) is 0 Å². The molecule has 0 atom stereocenters. The van der Waals surface area contributed by atoms with E-state index < -0.39 is 27.7 Å². The van der Waals surface area contributed by atoms with Crippen molar-refractivity contribution in [2.45, 2.75) is 31.6 Å². The number of likely N-dealkylation sites (tertiary alicyclic amines) is 1. The van der Waals surface area contributed by atoms with Gasteiger partial charge in [0.2, 0.25) is 5.91 Å². The summed E-state index contributed by atoms with van der Waals surface area (Å²) in [5.41, 5.74) is 1.73. The molecule has 0 spiro atoms. The van der Waals surface area contributed by atoms with Crippen LogP contribution < -0.4 is 4.72 Å². The summed E-state index contributed by atoms with van der Waals surface area (Å²) in [6.45, 7) is 4.13. The molecule has 2 aromatic rings. The largest absolute Gasteiger partial charge is 0.339 e. The topological polar surface area (TPSA) is 83.6 Å². The predicted octanol–water partition coefficient (Wildman–Crippen LogP) is 2.80. The molecule has 1 N–H and O–H groups in total. The van der Waals surface area contributed by atoms with Crippen LogP contribution in [0.15, 0.2) is 47.4 Å². The van der Waals surface area contributed by atoms with Gasteiger partial charge >= 0.3 is 0 Å². The summed E-state index contributed by atoms with van der Waals surface area (Å²) in [5.74, 6) is -1.69. The first-order chi connectivity index (χ1) is 13.7. The zero-order valence-corrected chi connectivity index (χ0v) is 17.1. The molecule has 0 radical (unpaired) electrons. The van der Waals surface area contributed by atoms with Crippen LogP contribution in [-0.4, -0.2) is 38.2 Å². The summed E-state index contributed by atoms with van der Waals surface area (Å²) in [4.78, 5) is 26.7. The average molecular weight is 418 g/mol. The molecule has 8 heteroatoms. The fourth-order valence-corrected chi connectivity index (χ4v) is 4.76. The Kier molecular flexibility index (Phi) is 6.02. The Morgan fingerprint density at radius 3 is 2.28 bits per heavy atom. The molecule has 1 heterocycles. The minimum Gasteiger partial charge on any atom is -0.339 e. The molecule has 1 saturated heterocycles. The Hall–Kier alpha value is -2.74. The third-order valence-electron chi connectivity index (χ3n) is 5.11. The fourth-order valence-electron chi connectivity index (χ4n) is 3.39. The molecule has 2 aromatic carbocycles. The van der Waals surface area contributed by atoms with Crippen molar-refractivity contribution in [3.8, 4) is 0 Å². The van der Waals surface area contributed by atoms with Crippen molar-refractivity contribution in [1.29, 1.82) is 0 Å². The number of hydrogen-bond donors (Lipinski definition) is 1. The number of piperidine rings is 1. The van der Waals surface area contributed by atoms with E-state index in [1.165, 1.54) is 30.3 Å². The SMILES string of the molecule is Cc1ccc(C)c(S(=O)(=O)NC(=O)C2CCN(C(=O)c3ccc(F)cc3)CC2)c1. The molecule has 1 aliphatic heterocycles. The van der Waals surface area contributed by atoms with E-state index in [1.54, 1.807) is 24.8 Å². The second kappa shape index (κ2) is 8.32. The van der Waals surface area contributed by atoms with Crippen LogP contribution in [0.5, 0.6) is 0 Å². The molecular weight excluding hydrogens is 395 g/mol. The van der Waals surface area contributed by atoms with Crippen LogP contribution in [0.3, 0.4) is 0 Å². The maximum Gasteiger partial charge on any atom is 0.264 e. The first-order valence-corrected chi connectivity index (χ1v) is 10.8. The summed E-state index contributed by atoms with van der Waals surface area (Å²) in [5, 5.41) is 0. The highest BCUT2D eigenvalue weighted by atomic mass is 32.2. The second-order valence-electron chi connectivity index (χ2n) is 7.31. The number of carbonyl (C=O) groups is 2. The van der Waals surface area contributed by atoms with Gasteiger partial charge in [-0.25, -0.2) is 17.5 Å². The highest BCUT2D eigenvalue weighted by Gasteiger charge is 2.30. The van der Waals surface area contributed by atoms with Crippen LogP contribution in [0, 0.1) is 25.6 Å². The number of carbonyl (C=O) groups excluding carboxylic acids is 2. The van der Waals surface area contributed by atoms with E-state index in [2.05, 4.69) is 4.72 Å². The van der Waals surface area contributed by atoms with Gasteiger partial charge in [-0.05, 0) is 68.1 Å². The molecule has 2 amide bonds. The summed E-state index contributed by atoms with van der Waals surface area (Å²) in [6.07, 6.45) is 0.724. The Morgan fingerprint density at radius 2 is 1.66 bits per heavy atom.